The van der Waals surface area contributed by atoms with Gasteiger partial charge in [-0.3, -0.25) is 0 Å². The lowest BCUT2D eigenvalue weighted by Crippen LogP contribution is -1.99. The predicted octanol–water partition coefficient (Wildman–Crippen LogP) is 3.48. The van der Waals surface area contributed by atoms with Gasteiger partial charge < -0.3 is 5.73 Å². The van der Waals surface area contributed by atoms with Gasteiger partial charge in [0.05, 0.1) is 5.69 Å². The molecule has 100 valence electrons. The SMILES string of the molecule is Cc1ccc(-c2nc(N)nn2-c2ccc(Cl)cc2)cc1. The number of nitrogen functional groups attached to an aromatic ring is 1. The number of benzene rings is 2. The van der Waals surface area contributed by atoms with E-state index in [1.54, 1.807) is 4.68 Å². The van der Waals surface area contributed by atoms with Gasteiger partial charge in [-0.15, -0.1) is 5.10 Å². The van der Waals surface area contributed by atoms with Crippen LogP contribution < -0.4 is 5.73 Å². The lowest BCUT2D eigenvalue weighted by atomic mass is 10.1. The second-order valence-electron chi connectivity index (χ2n) is 4.55. The van der Waals surface area contributed by atoms with Crippen molar-refractivity contribution < 1.29 is 0 Å². The monoisotopic (exact) mass is 284 g/mol. The van der Waals surface area contributed by atoms with Crippen molar-refractivity contribution in [3.63, 3.8) is 0 Å². The maximum atomic E-state index is 5.91. The summed E-state index contributed by atoms with van der Waals surface area (Å²) in [5.41, 5.74) is 8.78. The molecule has 3 aromatic rings. The third-order valence-corrected chi connectivity index (χ3v) is 3.26. The van der Waals surface area contributed by atoms with Crippen molar-refractivity contribution in [2.75, 3.05) is 5.73 Å². The van der Waals surface area contributed by atoms with Crippen LogP contribution in [-0.4, -0.2) is 14.8 Å². The Hall–Kier alpha value is -2.33. The smallest absolute Gasteiger partial charge is 0.240 e. The van der Waals surface area contributed by atoms with E-state index in [9.17, 15) is 0 Å². The Kier molecular flexibility index (Phi) is 3.16. The Bertz CT molecular complexity index is 667. The van der Waals surface area contributed by atoms with Crippen molar-refractivity contribution in [3.05, 3.63) is 59.1 Å². The Morgan fingerprint density at radius 1 is 1.00 bits per heavy atom. The minimum Gasteiger partial charge on any atom is -0.366 e. The lowest BCUT2D eigenvalue weighted by Gasteiger charge is -2.06. The maximum Gasteiger partial charge on any atom is 0.240 e. The quantitative estimate of drug-likeness (QED) is 0.784. The third-order valence-electron chi connectivity index (χ3n) is 3.00. The fourth-order valence-corrected chi connectivity index (χ4v) is 2.11. The molecule has 0 aliphatic heterocycles. The van der Waals surface area contributed by atoms with Crippen molar-refractivity contribution >= 4 is 17.5 Å². The predicted molar refractivity (Wildman–Crippen MR) is 81.0 cm³/mol. The fraction of sp³-hybridized carbons (Fsp3) is 0.0667. The van der Waals surface area contributed by atoms with Crippen molar-refractivity contribution in [1.29, 1.82) is 0 Å². The van der Waals surface area contributed by atoms with Crippen LogP contribution in [0, 0.1) is 6.92 Å². The number of anilines is 1. The number of halogens is 1. The van der Waals surface area contributed by atoms with E-state index in [4.69, 9.17) is 17.3 Å². The van der Waals surface area contributed by atoms with Gasteiger partial charge in [0.1, 0.15) is 0 Å². The standard InChI is InChI=1S/C15H13ClN4/c1-10-2-4-11(5-3-10)14-18-15(17)19-20(14)13-8-6-12(16)7-9-13/h2-9H,1H3,(H2,17,19). The highest BCUT2D eigenvalue weighted by Gasteiger charge is 2.11. The van der Waals surface area contributed by atoms with Crippen LogP contribution in [-0.2, 0) is 0 Å². The highest BCUT2D eigenvalue weighted by atomic mass is 35.5. The van der Waals surface area contributed by atoms with Gasteiger partial charge in [0, 0.05) is 10.6 Å². The fourth-order valence-electron chi connectivity index (χ4n) is 1.98. The van der Waals surface area contributed by atoms with E-state index in [1.165, 1.54) is 5.56 Å². The van der Waals surface area contributed by atoms with Gasteiger partial charge in [-0.05, 0) is 31.2 Å². The molecule has 0 atom stereocenters. The molecule has 0 spiro atoms. The summed E-state index contributed by atoms with van der Waals surface area (Å²) in [6, 6.07) is 15.5. The first-order valence-corrected chi connectivity index (χ1v) is 6.57. The number of aromatic nitrogens is 3. The van der Waals surface area contributed by atoms with Crippen LogP contribution >= 0.6 is 11.6 Å². The summed E-state index contributed by atoms with van der Waals surface area (Å²) < 4.78 is 1.72. The Balaban J connectivity index is 2.12. The van der Waals surface area contributed by atoms with Crippen molar-refractivity contribution in [3.8, 4) is 17.1 Å². The molecule has 0 amide bonds. The van der Waals surface area contributed by atoms with E-state index >= 15 is 0 Å². The number of hydrogen-bond acceptors (Lipinski definition) is 3. The molecule has 3 rings (SSSR count). The molecule has 0 bridgehead atoms. The van der Waals surface area contributed by atoms with Gasteiger partial charge in [-0.2, -0.15) is 4.98 Å². The number of rotatable bonds is 2. The van der Waals surface area contributed by atoms with Crippen LogP contribution in [0.1, 0.15) is 5.56 Å². The molecule has 0 saturated carbocycles. The minimum absolute atomic E-state index is 0.246. The summed E-state index contributed by atoms with van der Waals surface area (Å²) in [5.74, 6) is 0.959. The van der Waals surface area contributed by atoms with Gasteiger partial charge in [0.25, 0.3) is 0 Å². The zero-order valence-electron chi connectivity index (χ0n) is 10.9. The molecule has 20 heavy (non-hydrogen) atoms. The summed E-state index contributed by atoms with van der Waals surface area (Å²) in [4.78, 5) is 4.31. The van der Waals surface area contributed by atoms with Gasteiger partial charge in [0.2, 0.25) is 5.95 Å². The van der Waals surface area contributed by atoms with Crippen LogP contribution in [0.3, 0.4) is 0 Å². The summed E-state index contributed by atoms with van der Waals surface area (Å²) >= 11 is 5.91. The highest BCUT2D eigenvalue weighted by molar-refractivity contribution is 6.30. The van der Waals surface area contributed by atoms with Gasteiger partial charge in [-0.1, -0.05) is 41.4 Å². The zero-order chi connectivity index (χ0) is 14.1. The van der Waals surface area contributed by atoms with Gasteiger partial charge >= 0.3 is 0 Å². The molecule has 4 nitrogen and oxygen atoms in total. The van der Waals surface area contributed by atoms with Crippen molar-refractivity contribution in [2.45, 2.75) is 6.92 Å². The summed E-state index contributed by atoms with van der Waals surface area (Å²) in [5, 5.41) is 4.93. The van der Waals surface area contributed by atoms with Gasteiger partial charge in [-0.25, -0.2) is 4.68 Å². The topological polar surface area (TPSA) is 56.7 Å². The number of nitrogens with zero attached hydrogens (tertiary/aromatic N) is 3. The molecule has 0 fully saturated rings. The molecule has 2 N–H and O–H groups in total. The molecule has 0 aliphatic carbocycles. The molecule has 5 heteroatoms. The Morgan fingerprint density at radius 3 is 2.30 bits per heavy atom. The van der Waals surface area contributed by atoms with E-state index in [-0.39, 0.29) is 5.95 Å². The molecule has 0 aliphatic rings. The molecular formula is C15H13ClN4. The molecule has 0 unspecified atom stereocenters. The van der Waals surface area contributed by atoms with E-state index in [2.05, 4.69) is 10.1 Å². The summed E-state index contributed by atoms with van der Waals surface area (Å²) in [6.07, 6.45) is 0. The Morgan fingerprint density at radius 2 is 1.65 bits per heavy atom. The van der Waals surface area contributed by atoms with Crippen LogP contribution in [0.4, 0.5) is 5.95 Å². The van der Waals surface area contributed by atoms with Crippen LogP contribution in [0.15, 0.2) is 48.5 Å². The van der Waals surface area contributed by atoms with E-state index in [1.807, 2.05) is 55.5 Å². The molecule has 2 aromatic carbocycles. The number of nitrogens with two attached hydrogens (primary N) is 1. The normalized spacial score (nSPS) is 10.7. The van der Waals surface area contributed by atoms with Gasteiger partial charge in [0.15, 0.2) is 5.82 Å². The Labute approximate surface area is 121 Å². The van der Waals surface area contributed by atoms with Crippen molar-refractivity contribution in [2.24, 2.45) is 0 Å². The maximum absolute atomic E-state index is 5.91. The molecule has 0 saturated heterocycles. The largest absolute Gasteiger partial charge is 0.366 e. The van der Waals surface area contributed by atoms with Crippen LogP contribution in [0.25, 0.3) is 17.1 Å². The first kappa shape index (κ1) is 12.7. The van der Waals surface area contributed by atoms with E-state index in [0.29, 0.717) is 10.8 Å². The first-order chi connectivity index (χ1) is 9.63. The summed E-state index contributed by atoms with van der Waals surface area (Å²) in [7, 11) is 0. The molecule has 0 radical (unpaired) electrons. The van der Waals surface area contributed by atoms with E-state index < -0.39 is 0 Å². The second kappa shape index (κ2) is 4.98. The van der Waals surface area contributed by atoms with Crippen LogP contribution in [0.2, 0.25) is 5.02 Å². The second-order valence-corrected chi connectivity index (χ2v) is 4.98. The highest BCUT2D eigenvalue weighted by Crippen LogP contribution is 2.23. The number of hydrogen-bond donors (Lipinski definition) is 1. The molecule has 1 heterocycles. The number of aryl methyl sites for hydroxylation is 1. The molecular weight excluding hydrogens is 272 g/mol. The third kappa shape index (κ3) is 2.38. The zero-order valence-corrected chi connectivity index (χ0v) is 11.7. The first-order valence-electron chi connectivity index (χ1n) is 6.19. The van der Waals surface area contributed by atoms with Crippen molar-refractivity contribution in [1.82, 2.24) is 14.8 Å². The average Bonchev–Trinajstić information content (AvgIpc) is 2.82. The molecule has 1 aromatic heterocycles. The van der Waals surface area contributed by atoms with Crippen LogP contribution in [0.5, 0.6) is 0 Å². The summed E-state index contributed by atoms with van der Waals surface area (Å²) in [6.45, 7) is 2.04. The van der Waals surface area contributed by atoms with E-state index in [0.717, 1.165) is 11.3 Å². The average molecular weight is 285 g/mol. The minimum atomic E-state index is 0.246. The lowest BCUT2D eigenvalue weighted by molar-refractivity contribution is 0.892.